The average Bonchev–Trinajstić information content (AvgIpc) is 2.86. The Morgan fingerprint density at radius 3 is 2.37 bits per heavy atom. The number of hydrogen-bond donors (Lipinski definition) is 0. The van der Waals surface area contributed by atoms with Gasteiger partial charge in [-0.3, -0.25) is 9.59 Å². The molecular formula is C27H31N3O5. The molecule has 4 rings (SSSR count). The maximum Gasteiger partial charge on any atom is 0.409 e. The van der Waals surface area contributed by atoms with E-state index in [-0.39, 0.29) is 29.6 Å². The number of methoxy groups -OCH3 is 1. The summed E-state index contributed by atoms with van der Waals surface area (Å²) < 4.78 is 12.5. The van der Waals surface area contributed by atoms with Crippen molar-refractivity contribution in [3.8, 4) is 0 Å². The molecule has 0 saturated carbocycles. The van der Waals surface area contributed by atoms with Gasteiger partial charge in [0.1, 0.15) is 5.56 Å². The molecule has 0 bridgehead atoms. The number of amides is 2. The zero-order valence-electron chi connectivity index (χ0n) is 20.5. The van der Waals surface area contributed by atoms with Crippen molar-refractivity contribution in [1.29, 1.82) is 0 Å². The van der Waals surface area contributed by atoms with Gasteiger partial charge in [0.05, 0.1) is 18.9 Å². The topological polar surface area (TPSA) is 81.1 Å². The van der Waals surface area contributed by atoms with Crippen molar-refractivity contribution in [2.45, 2.75) is 27.0 Å². The minimum atomic E-state index is -0.382. The van der Waals surface area contributed by atoms with Crippen LogP contribution in [0.2, 0.25) is 0 Å². The van der Waals surface area contributed by atoms with Crippen molar-refractivity contribution in [2.24, 2.45) is 0 Å². The summed E-state index contributed by atoms with van der Waals surface area (Å²) in [5.41, 5.74) is 2.22. The van der Waals surface area contributed by atoms with Crippen LogP contribution in [0.15, 0.2) is 53.3 Å². The van der Waals surface area contributed by atoms with Crippen molar-refractivity contribution in [1.82, 2.24) is 14.4 Å². The van der Waals surface area contributed by atoms with Crippen LogP contribution >= 0.6 is 0 Å². The van der Waals surface area contributed by atoms with Gasteiger partial charge in [0.15, 0.2) is 5.43 Å². The summed E-state index contributed by atoms with van der Waals surface area (Å²) in [6.45, 7) is 5.96. The van der Waals surface area contributed by atoms with Crippen LogP contribution in [-0.4, -0.2) is 66.3 Å². The Kier molecular flexibility index (Phi) is 7.51. The average molecular weight is 478 g/mol. The van der Waals surface area contributed by atoms with Crippen molar-refractivity contribution in [2.75, 3.05) is 39.9 Å². The molecule has 35 heavy (non-hydrogen) atoms. The number of pyridine rings is 1. The summed E-state index contributed by atoms with van der Waals surface area (Å²) in [6, 6.07) is 15.8. The second-order valence-corrected chi connectivity index (χ2v) is 8.61. The Morgan fingerprint density at radius 2 is 1.66 bits per heavy atom. The number of benzene rings is 2. The molecule has 8 nitrogen and oxygen atoms in total. The van der Waals surface area contributed by atoms with Crippen LogP contribution < -0.4 is 5.43 Å². The highest BCUT2D eigenvalue weighted by Gasteiger charge is 2.29. The smallest absolute Gasteiger partial charge is 0.409 e. The van der Waals surface area contributed by atoms with Gasteiger partial charge < -0.3 is 23.8 Å². The summed E-state index contributed by atoms with van der Waals surface area (Å²) in [6.07, 6.45) is -0.382. The van der Waals surface area contributed by atoms with Crippen LogP contribution in [-0.2, 0) is 22.6 Å². The standard InChI is InChI=1S/C27H31N3O5/c1-4-35-27(33)29-14-12-28(13-15-29)26(32)25-23(18-34-3)30(19(2)16-24(25)31)17-21-10-7-9-20-8-5-6-11-22(20)21/h5-11,16H,4,12-15,17-18H2,1-3H3. The SMILES string of the molecule is CCOC(=O)N1CCN(C(=O)c2c(COC)n(Cc3cccc4ccccc34)c(C)cc2=O)CC1. The molecule has 1 saturated heterocycles. The zero-order chi connectivity index (χ0) is 24.9. The summed E-state index contributed by atoms with van der Waals surface area (Å²) in [5, 5.41) is 2.26. The van der Waals surface area contributed by atoms with E-state index in [0.29, 0.717) is 45.0 Å². The van der Waals surface area contributed by atoms with Crippen LogP contribution in [0, 0.1) is 6.92 Å². The maximum atomic E-state index is 13.6. The number of fused-ring (bicyclic) bond motifs is 1. The lowest BCUT2D eigenvalue weighted by Crippen LogP contribution is -2.51. The predicted octanol–water partition coefficient (Wildman–Crippen LogP) is 3.42. The molecule has 3 aromatic rings. The fraction of sp³-hybridized carbons (Fsp3) is 0.370. The Morgan fingerprint density at radius 1 is 0.971 bits per heavy atom. The van der Waals surface area contributed by atoms with Crippen molar-refractivity contribution in [3.63, 3.8) is 0 Å². The van der Waals surface area contributed by atoms with Gasteiger partial charge in [-0.1, -0.05) is 42.5 Å². The van der Waals surface area contributed by atoms with Crippen LogP contribution in [0.1, 0.15) is 34.2 Å². The van der Waals surface area contributed by atoms with Gasteiger partial charge in [-0.25, -0.2) is 4.79 Å². The molecular weight excluding hydrogens is 446 g/mol. The minimum absolute atomic E-state index is 0.127. The zero-order valence-corrected chi connectivity index (χ0v) is 20.5. The molecule has 0 aliphatic carbocycles. The molecule has 2 amide bonds. The molecule has 1 aromatic heterocycles. The largest absolute Gasteiger partial charge is 0.450 e. The van der Waals surface area contributed by atoms with E-state index in [1.54, 1.807) is 23.8 Å². The highest BCUT2D eigenvalue weighted by atomic mass is 16.6. The number of hydrogen-bond acceptors (Lipinski definition) is 5. The molecule has 184 valence electrons. The molecule has 0 spiro atoms. The van der Waals surface area contributed by atoms with Crippen LogP contribution in [0.4, 0.5) is 4.79 Å². The summed E-state index contributed by atoms with van der Waals surface area (Å²) >= 11 is 0. The first kappa shape index (κ1) is 24.5. The Bertz CT molecular complexity index is 1290. The van der Waals surface area contributed by atoms with E-state index in [2.05, 4.69) is 24.3 Å². The number of carbonyl (C=O) groups excluding carboxylic acids is 2. The fourth-order valence-corrected chi connectivity index (χ4v) is 4.63. The number of ether oxygens (including phenoxy) is 2. The van der Waals surface area contributed by atoms with Gasteiger partial charge >= 0.3 is 6.09 Å². The molecule has 8 heteroatoms. The van der Waals surface area contributed by atoms with E-state index >= 15 is 0 Å². The van der Waals surface area contributed by atoms with Crippen LogP contribution in [0.25, 0.3) is 10.8 Å². The quantitative estimate of drug-likeness (QED) is 0.544. The monoisotopic (exact) mass is 477 g/mol. The molecule has 1 fully saturated rings. The van der Waals surface area contributed by atoms with Crippen LogP contribution in [0.5, 0.6) is 0 Å². The Balaban J connectivity index is 1.68. The van der Waals surface area contributed by atoms with E-state index in [1.165, 1.54) is 6.07 Å². The lowest BCUT2D eigenvalue weighted by Gasteiger charge is -2.34. The van der Waals surface area contributed by atoms with E-state index < -0.39 is 0 Å². The Hall–Kier alpha value is -3.65. The summed E-state index contributed by atoms with van der Waals surface area (Å²) in [4.78, 5) is 41.9. The van der Waals surface area contributed by atoms with Crippen molar-refractivity contribution >= 4 is 22.8 Å². The maximum absolute atomic E-state index is 13.6. The third-order valence-corrected chi connectivity index (χ3v) is 6.42. The molecule has 1 aliphatic heterocycles. The number of nitrogens with zero attached hydrogens (tertiary/aromatic N) is 3. The Labute approximate surface area is 204 Å². The van der Waals surface area contributed by atoms with Crippen molar-refractivity contribution < 1.29 is 19.1 Å². The fourth-order valence-electron chi connectivity index (χ4n) is 4.63. The summed E-state index contributed by atoms with van der Waals surface area (Å²) in [7, 11) is 1.56. The second kappa shape index (κ2) is 10.7. The number of piperazine rings is 1. The van der Waals surface area contributed by atoms with E-state index in [0.717, 1.165) is 22.0 Å². The van der Waals surface area contributed by atoms with Gasteiger partial charge in [-0.2, -0.15) is 0 Å². The van der Waals surface area contributed by atoms with Gasteiger partial charge in [-0.05, 0) is 30.2 Å². The first-order valence-electron chi connectivity index (χ1n) is 11.8. The van der Waals surface area contributed by atoms with E-state index in [1.807, 2.05) is 29.7 Å². The number of aromatic nitrogens is 1. The van der Waals surface area contributed by atoms with Gasteiger partial charge in [0, 0.05) is 51.6 Å². The number of aryl methyl sites for hydroxylation is 1. The molecule has 0 radical (unpaired) electrons. The molecule has 0 unspecified atom stereocenters. The molecule has 2 aromatic carbocycles. The third kappa shape index (κ3) is 5.07. The highest BCUT2D eigenvalue weighted by molar-refractivity contribution is 5.95. The van der Waals surface area contributed by atoms with Gasteiger partial charge in [0.25, 0.3) is 5.91 Å². The predicted molar refractivity (Wildman–Crippen MR) is 134 cm³/mol. The number of carbonyl (C=O) groups is 2. The third-order valence-electron chi connectivity index (χ3n) is 6.42. The van der Waals surface area contributed by atoms with E-state index in [9.17, 15) is 14.4 Å². The highest BCUT2D eigenvalue weighted by Crippen LogP contribution is 2.22. The lowest BCUT2D eigenvalue weighted by molar-refractivity contribution is 0.0564. The minimum Gasteiger partial charge on any atom is -0.450 e. The number of rotatable bonds is 6. The van der Waals surface area contributed by atoms with Crippen LogP contribution in [0.3, 0.4) is 0 Å². The first-order valence-corrected chi connectivity index (χ1v) is 11.8. The molecule has 0 N–H and O–H groups in total. The summed E-state index contributed by atoms with van der Waals surface area (Å²) in [5.74, 6) is -0.336. The second-order valence-electron chi connectivity index (χ2n) is 8.61. The molecule has 1 aliphatic rings. The van der Waals surface area contributed by atoms with Gasteiger partial charge in [0.2, 0.25) is 0 Å². The lowest BCUT2D eigenvalue weighted by atomic mass is 10.0. The first-order chi connectivity index (χ1) is 16.9. The molecule has 2 heterocycles. The van der Waals surface area contributed by atoms with Gasteiger partial charge in [-0.15, -0.1) is 0 Å². The van der Waals surface area contributed by atoms with Crippen molar-refractivity contribution in [3.05, 3.63) is 81.3 Å². The van der Waals surface area contributed by atoms with E-state index in [4.69, 9.17) is 9.47 Å². The molecule has 0 atom stereocenters. The normalized spacial score (nSPS) is 13.8.